The quantitative estimate of drug-likeness (QED) is 0.897. The zero-order chi connectivity index (χ0) is 14.0. The second-order valence-electron chi connectivity index (χ2n) is 4.74. The van der Waals surface area contributed by atoms with Gasteiger partial charge in [-0.3, -0.25) is 0 Å². The van der Waals surface area contributed by atoms with Gasteiger partial charge in [0.05, 0.1) is 5.60 Å². The van der Waals surface area contributed by atoms with E-state index in [1.165, 1.54) is 36.4 Å². The summed E-state index contributed by atoms with van der Waals surface area (Å²) in [5.41, 5.74) is 0.0801. The molecule has 2 rings (SSSR count). The van der Waals surface area contributed by atoms with Crippen molar-refractivity contribution in [1.82, 2.24) is 0 Å². The van der Waals surface area contributed by atoms with E-state index in [2.05, 4.69) is 15.9 Å². The van der Waals surface area contributed by atoms with Crippen LogP contribution in [0.2, 0.25) is 0 Å². The van der Waals surface area contributed by atoms with E-state index >= 15 is 0 Å². The summed E-state index contributed by atoms with van der Waals surface area (Å²) in [7, 11) is 0. The summed E-state index contributed by atoms with van der Waals surface area (Å²) in [4.78, 5) is 0. The van der Waals surface area contributed by atoms with Crippen LogP contribution in [-0.2, 0) is 12.0 Å². The van der Waals surface area contributed by atoms with Gasteiger partial charge in [0.2, 0.25) is 0 Å². The topological polar surface area (TPSA) is 20.2 Å². The maximum atomic E-state index is 13.3. The van der Waals surface area contributed by atoms with Gasteiger partial charge in [-0.1, -0.05) is 28.1 Å². The van der Waals surface area contributed by atoms with Crippen LogP contribution in [0.4, 0.5) is 8.78 Å². The van der Waals surface area contributed by atoms with Gasteiger partial charge in [-0.05, 0) is 48.4 Å². The molecule has 0 aliphatic rings. The Morgan fingerprint density at radius 2 is 1.68 bits per heavy atom. The largest absolute Gasteiger partial charge is 0.385 e. The zero-order valence-corrected chi connectivity index (χ0v) is 11.9. The lowest BCUT2D eigenvalue weighted by Crippen LogP contribution is -2.24. The van der Waals surface area contributed by atoms with Gasteiger partial charge in [0, 0.05) is 10.9 Å². The van der Waals surface area contributed by atoms with Crippen LogP contribution >= 0.6 is 15.9 Å². The molecule has 0 heterocycles. The monoisotopic (exact) mass is 326 g/mol. The number of halogens is 3. The first-order valence-corrected chi connectivity index (χ1v) is 6.59. The molecule has 0 aromatic heterocycles. The van der Waals surface area contributed by atoms with Crippen LogP contribution < -0.4 is 0 Å². The smallest absolute Gasteiger partial charge is 0.124 e. The number of hydrogen-bond donors (Lipinski definition) is 1. The molecule has 0 fully saturated rings. The maximum absolute atomic E-state index is 13.3. The van der Waals surface area contributed by atoms with Crippen molar-refractivity contribution in [2.75, 3.05) is 0 Å². The highest BCUT2D eigenvalue weighted by molar-refractivity contribution is 9.10. The van der Waals surface area contributed by atoms with Gasteiger partial charge < -0.3 is 5.11 Å². The molecule has 0 aliphatic carbocycles. The van der Waals surface area contributed by atoms with Gasteiger partial charge in [-0.25, -0.2) is 8.78 Å². The molecule has 1 atom stereocenters. The van der Waals surface area contributed by atoms with E-state index in [0.717, 1.165) is 0 Å². The Kier molecular flexibility index (Phi) is 4.02. The van der Waals surface area contributed by atoms with Crippen LogP contribution in [0, 0.1) is 11.6 Å². The van der Waals surface area contributed by atoms with E-state index in [1.807, 2.05) is 0 Å². The lowest BCUT2D eigenvalue weighted by molar-refractivity contribution is 0.0575. The van der Waals surface area contributed by atoms with E-state index in [0.29, 0.717) is 15.6 Å². The summed E-state index contributed by atoms with van der Waals surface area (Å²) in [6.07, 6.45) is 0.245. The van der Waals surface area contributed by atoms with Crippen molar-refractivity contribution >= 4 is 15.9 Å². The SMILES string of the molecule is CC(O)(Cc1cc(F)cc(Br)c1)c1ccc(F)cc1. The van der Waals surface area contributed by atoms with Gasteiger partial charge >= 0.3 is 0 Å². The summed E-state index contributed by atoms with van der Waals surface area (Å²) in [6.45, 7) is 1.62. The van der Waals surface area contributed by atoms with Gasteiger partial charge in [0.1, 0.15) is 11.6 Å². The Labute approximate surface area is 119 Å². The van der Waals surface area contributed by atoms with Crippen molar-refractivity contribution in [3.63, 3.8) is 0 Å². The van der Waals surface area contributed by atoms with Crippen LogP contribution in [0.1, 0.15) is 18.1 Å². The number of hydrogen-bond acceptors (Lipinski definition) is 1. The highest BCUT2D eigenvalue weighted by Gasteiger charge is 2.24. The Morgan fingerprint density at radius 3 is 2.26 bits per heavy atom. The third-order valence-corrected chi connectivity index (χ3v) is 3.39. The van der Waals surface area contributed by atoms with Gasteiger partial charge in [-0.15, -0.1) is 0 Å². The third kappa shape index (κ3) is 3.61. The first-order chi connectivity index (χ1) is 8.87. The molecule has 19 heavy (non-hydrogen) atoms. The Balaban J connectivity index is 2.27. The summed E-state index contributed by atoms with van der Waals surface area (Å²) >= 11 is 3.22. The van der Waals surface area contributed by atoms with Gasteiger partial charge in [0.25, 0.3) is 0 Å². The van der Waals surface area contributed by atoms with Crippen LogP contribution in [0.15, 0.2) is 46.9 Å². The van der Waals surface area contributed by atoms with Crippen molar-refractivity contribution in [3.8, 4) is 0 Å². The van der Waals surface area contributed by atoms with Crippen LogP contribution in [-0.4, -0.2) is 5.11 Å². The molecule has 0 saturated heterocycles. The Bertz CT molecular complexity index is 559. The summed E-state index contributed by atoms with van der Waals surface area (Å²) < 4.78 is 26.8. The number of rotatable bonds is 3. The minimum atomic E-state index is -1.18. The molecule has 0 saturated carbocycles. The summed E-state index contributed by atoms with van der Waals surface area (Å²) in [5.74, 6) is -0.715. The van der Waals surface area contributed by atoms with Crippen LogP contribution in [0.3, 0.4) is 0 Å². The van der Waals surface area contributed by atoms with Gasteiger partial charge in [0.15, 0.2) is 0 Å². The van der Waals surface area contributed by atoms with Crippen molar-refractivity contribution in [1.29, 1.82) is 0 Å². The van der Waals surface area contributed by atoms with Crippen molar-refractivity contribution < 1.29 is 13.9 Å². The van der Waals surface area contributed by atoms with E-state index in [1.54, 1.807) is 13.0 Å². The molecule has 100 valence electrons. The van der Waals surface area contributed by atoms with Crippen molar-refractivity contribution in [2.24, 2.45) is 0 Å². The van der Waals surface area contributed by atoms with Crippen LogP contribution in [0.5, 0.6) is 0 Å². The molecule has 0 aliphatic heterocycles. The fourth-order valence-corrected chi connectivity index (χ4v) is 2.53. The standard InChI is InChI=1S/C15H13BrF2O/c1-15(19,11-2-4-13(17)5-3-11)9-10-6-12(16)8-14(18)7-10/h2-8,19H,9H2,1H3. The van der Waals surface area contributed by atoms with E-state index < -0.39 is 5.60 Å². The van der Waals surface area contributed by atoms with E-state index in [9.17, 15) is 13.9 Å². The Morgan fingerprint density at radius 1 is 1.05 bits per heavy atom. The zero-order valence-electron chi connectivity index (χ0n) is 10.3. The molecular formula is C15H13BrF2O. The molecule has 4 heteroatoms. The highest BCUT2D eigenvalue weighted by Crippen LogP contribution is 2.27. The molecule has 2 aromatic carbocycles. The highest BCUT2D eigenvalue weighted by atomic mass is 79.9. The number of benzene rings is 2. The lowest BCUT2D eigenvalue weighted by Gasteiger charge is -2.24. The normalized spacial score (nSPS) is 14.2. The maximum Gasteiger partial charge on any atom is 0.124 e. The first kappa shape index (κ1) is 14.2. The minimum absolute atomic E-state index is 0.245. The third-order valence-electron chi connectivity index (χ3n) is 2.94. The molecule has 0 radical (unpaired) electrons. The average Bonchev–Trinajstić information content (AvgIpc) is 2.27. The van der Waals surface area contributed by atoms with E-state index in [-0.39, 0.29) is 18.1 Å². The fourth-order valence-electron chi connectivity index (χ4n) is 2.02. The van der Waals surface area contributed by atoms with Gasteiger partial charge in [-0.2, -0.15) is 0 Å². The second kappa shape index (κ2) is 5.39. The lowest BCUT2D eigenvalue weighted by atomic mass is 9.89. The average molecular weight is 327 g/mol. The second-order valence-corrected chi connectivity index (χ2v) is 5.65. The predicted molar refractivity (Wildman–Crippen MR) is 73.8 cm³/mol. The summed E-state index contributed by atoms with van der Waals surface area (Å²) in [6, 6.07) is 10.1. The van der Waals surface area contributed by atoms with Crippen molar-refractivity contribution in [3.05, 3.63) is 69.7 Å². The molecule has 0 amide bonds. The molecule has 1 unspecified atom stereocenters. The molecule has 0 spiro atoms. The Hall–Kier alpha value is -1.26. The predicted octanol–water partition coefficient (Wildman–Crippen LogP) is 4.18. The van der Waals surface area contributed by atoms with E-state index in [4.69, 9.17) is 0 Å². The fraction of sp³-hybridized carbons (Fsp3) is 0.200. The molecule has 2 aromatic rings. The molecule has 0 bridgehead atoms. The number of aliphatic hydroxyl groups is 1. The van der Waals surface area contributed by atoms with Crippen molar-refractivity contribution in [2.45, 2.75) is 18.9 Å². The summed E-state index contributed by atoms with van der Waals surface area (Å²) in [5, 5.41) is 10.5. The minimum Gasteiger partial charge on any atom is -0.385 e. The molecule has 1 N–H and O–H groups in total. The molecule has 1 nitrogen and oxygen atoms in total. The first-order valence-electron chi connectivity index (χ1n) is 5.80. The molecular weight excluding hydrogens is 314 g/mol. The van der Waals surface area contributed by atoms with Crippen LogP contribution in [0.25, 0.3) is 0 Å².